The quantitative estimate of drug-likeness (QED) is 0.353. The summed E-state index contributed by atoms with van der Waals surface area (Å²) in [6.45, 7) is 0.499. The molecule has 0 fully saturated rings. The van der Waals surface area contributed by atoms with E-state index < -0.39 is 0 Å². The molecule has 4 heteroatoms. The molecule has 0 bridgehead atoms. The van der Waals surface area contributed by atoms with Crippen molar-refractivity contribution in [2.24, 2.45) is 0 Å². The van der Waals surface area contributed by atoms with Crippen molar-refractivity contribution in [3.63, 3.8) is 0 Å². The Morgan fingerprint density at radius 3 is 1.91 bits per heavy atom. The van der Waals surface area contributed by atoms with Crippen molar-refractivity contribution < 1.29 is 4.79 Å². The molecule has 1 aromatic heterocycles. The summed E-state index contributed by atoms with van der Waals surface area (Å²) in [6, 6.07) is 39.9. The molecule has 0 aliphatic heterocycles. The van der Waals surface area contributed by atoms with E-state index >= 15 is 0 Å². The van der Waals surface area contributed by atoms with Gasteiger partial charge in [-0.3, -0.25) is 4.79 Å². The molecule has 0 saturated carbocycles. The Morgan fingerprint density at radius 2 is 1.27 bits per heavy atom. The van der Waals surface area contributed by atoms with Crippen LogP contribution in [-0.2, 0) is 6.54 Å². The van der Waals surface area contributed by atoms with Crippen LogP contribution in [0.25, 0.3) is 28.2 Å². The van der Waals surface area contributed by atoms with Crippen molar-refractivity contribution in [3.8, 4) is 28.2 Å². The highest BCUT2D eigenvalue weighted by atomic mass is 16.1. The van der Waals surface area contributed by atoms with Gasteiger partial charge in [0.15, 0.2) is 0 Å². The van der Waals surface area contributed by atoms with Crippen LogP contribution in [0.3, 0.4) is 0 Å². The lowest BCUT2D eigenvalue weighted by Gasteiger charge is -2.09. The fourth-order valence-corrected chi connectivity index (χ4v) is 3.78. The van der Waals surface area contributed by atoms with Gasteiger partial charge in [-0.1, -0.05) is 91.0 Å². The fourth-order valence-electron chi connectivity index (χ4n) is 3.78. The van der Waals surface area contributed by atoms with E-state index in [4.69, 9.17) is 5.10 Å². The summed E-state index contributed by atoms with van der Waals surface area (Å²) in [5.74, 6) is -0.0980. The number of nitrogens with one attached hydrogen (secondary N) is 1. The van der Waals surface area contributed by atoms with Gasteiger partial charge in [0.25, 0.3) is 5.91 Å². The van der Waals surface area contributed by atoms with E-state index in [0.29, 0.717) is 12.1 Å². The Bertz CT molecular complexity index is 1340. The monoisotopic (exact) mass is 429 g/mol. The molecule has 1 N–H and O–H groups in total. The molecule has 5 rings (SSSR count). The van der Waals surface area contributed by atoms with Crippen LogP contribution < -0.4 is 5.32 Å². The number of amides is 1. The average molecular weight is 430 g/mol. The van der Waals surface area contributed by atoms with Crippen LogP contribution in [0.15, 0.2) is 121 Å². The van der Waals surface area contributed by atoms with Gasteiger partial charge < -0.3 is 5.32 Å². The molecular formula is C29H23N3O. The lowest BCUT2D eigenvalue weighted by molar-refractivity contribution is 0.0951. The largest absolute Gasteiger partial charge is 0.348 e. The summed E-state index contributed by atoms with van der Waals surface area (Å²) in [5, 5.41) is 7.87. The van der Waals surface area contributed by atoms with E-state index in [1.807, 2.05) is 95.7 Å². The summed E-state index contributed by atoms with van der Waals surface area (Å²) in [4.78, 5) is 12.6. The van der Waals surface area contributed by atoms with Gasteiger partial charge in [-0.05, 0) is 35.9 Å². The topological polar surface area (TPSA) is 46.9 Å². The van der Waals surface area contributed by atoms with E-state index in [1.165, 1.54) is 0 Å². The molecule has 0 unspecified atom stereocenters. The normalized spacial score (nSPS) is 10.7. The third kappa shape index (κ3) is 4.60. The van der Waals surface area contributed by atoms with Crippen LogP contribution in [0.5, 0.6) is 0 Å². The predicted molar refractivity (Wildman–Crippen MR) is 132 cm³/mol. The van der Waals surface area contributed by atoms with Crippen molar-refractivity contribution in [1.29, 1.82) is 0 Å². The molecule has 0 saturated heterocycles. The molecule has 0 atom stereocenters. The third-order valence-corrected chi connectivity index (χ3v) is 5.52. The maximum atomic E-state index is 12.6. The zero-order valence-electron chi connectivity index (χ0n) is 18.1. The molecule has 33 heavy (non-hydrogen) atoms. The lowest BCUT2D eigenvalue weighted by Crippen LogP contribution is -2.22. The minimum Gasteiger partial charge on any atom is -0.348 e. The van der Waals surface area contributed by atoms with Crippen LogP contribution in [-0.4, -0.2) is 15.7 Å². The molecule has 160 valence electrons. The third-order valence-electron chi connectivity index (χ3n) is 5.52. The number of benzene rings is 4. The summed E-state index contributed by atoms with van der Waals surface area (Å²) >= 11 is 0. The smallest absolute Gasteiger partial charge is 0.251 e. The maximum Gasteiger partial charge on any atom is 0.251 e. The van der Waals surface area contributed by atoms with Gasteiger partial charge in [0.05, 0.1) is 17.1 Å². The molecule has 0 spiro atoms. The van der Waals surface area contributed by atoms with Crippen LogP contribution in [0.4, 0.5) is 0 Å². The first-order chi connectivity index (χ1) is 16.3. The highest BCUT2D eigenvalue weighted by Crippen LogP contribution is 2.28. The first-order valence-corrected chi connectivity index (χ1v) is 10.9. The molecular weight excluding hydrogens is 406 g/mol. The van der Waals surface area contributed by atoms with Gasteiger partial charge >= 0.3 is 0 Å². The molecule has 4 nitrogen and oxygen atoms in total. The van der Waals surface area contributed by atoms with Crippen molar-refractivity contribution in [2.75, 3.05) is 0 Å². The highest BCUT2D eigenvalue weighted by molar-refractivity contribution is 5.94. The van der Waals surface area contributed by atoms with E-state index in [-0.39, 0.29) is 5.91 Å². The molecule has 0 aliphatic carbocycles. The van der Waals surface area contributed by atoms with Crippen LogP contribution in [0.1, 0.15) is 15.9 Å². The average Bonchev–Trinajstić information content (AvgIpc) is 3.35. The van der Waals surface area contributed by atoms with Gasteiger partial charge in [-0.25, -0.2) is 4.68 Å². The first-order valence-electron chi connectivity index (χ1n) is 10.9. The summed E-state index contributed by atoms with van der Waals surface area (Å²) < 4.78 is 1.93. The van der Waals surface area contributed by atoms with E-state index in [0.717, 1.165) is 33.8 Å². The van der Waals surface area contributed by atoms with Gasteiger partial charge in [-0.15, -0.1) is 0 Å². The number of aromatic nitrogens is 2. The van der Waals surface area contributed by atoms with Crippen molar-refractivity contribution >= 4 is 5.91 Å². The molecule has 5 aromatic rings. The number of rotatable bonds is 6. The van der Waals surface area contributed by atoms with E-state index in [2.05, 4.69) is 35.6 Å². The van der Waals surface area contributed by atoms with E-state index in [1.54, 1.807) is 0 Å². The molecule has 4 aromatic carbocycles. The molecule has 1 amide bonds. The highest BCUT2D eigenvalue weighted by Gasteiger charge is 2.14. The predicted octanol–water partition coefficient (Wildman–Crippen LogP) is 6.14. The second-order valence-corrected chi connectivity index (χ2v) is 7.77. The second kappa shape index (κ2) is 9.37. The Morgan fingerprint density at radius 1 is 0.697 bits per heavy atom. The molecule has 0 radical (unpaired) electrons. The first kappa shape index (κ1) is 20.5. The van der Waals surface area contributed by atoms with Crippen molar-refractivity contribution in [1.82, 2.24) is 15.1 Å². The Balaban J connectivity index is 1.43. The van der Waals surface area contributed by atoms with Crippen LogP contribution in [0.2, 0.25) is 0 Å². The Kier molecular flexibility index (Phi) is 5.81. The number of hydrogen-bond donors (Lipinski definition) is 1. The number of nitrogens with zero attached hydrogens (tertiary/aromatic N) is 2. The molecule has 0 aliphatic rings. The number of hydrogen-bond acceptors (Lipinski definition) is 2. The zero-order chi connectivity index (χ0) is 22.5. The fraction of sp³-hybridized carbons (Fsp3) is 0.0345. The minimum atomic E-state index is -0.0980. The Labute approximate surface area is 193 Å². The summed E-state index contributed by atoms with van der Waals surface area (Å²) in [7, 11) is 0. The van der Waals surface area contributed by atoms with Crippen LogP contribution >= 0.6 is 0 Å². The molecule has 1 heterocycles. The minimum absolute atomic E-state index is 0.0980. The van der Waals surface area contributed by atoms with Gasteiger partial charge in [-0.2, -0.15) is 5.10 Å². The van der Waals surface area contributed by atoms with Crippen molar-refractivity contribution in [3.05, 3.63) is 132 Å². The zero-order valence-corrected chi connectivity index (χ0v) is 18.1. The van der Waals surface area contributed by atoms with Crippen molar-refractivity contribution in [2.45, 2.75) is 6.54 Å². The Hall–Kier alpha value is -4.44. The summed E-state index contributed by atoms with van der Waals surface area (Å²) in [6.07, 6.45) is 0. The van der Waals surface area contributed by atoms with Crippen LogP contribution in [0, 0.1) is 0 Å². The summed E-state index contributed by atoms with van der Waals surface area (Å²) in [5.41, 5.74) is 6.62. The van der Waals surface area contributed by atoms with E-state index in [9.17, 15) is 4.79 Å². The number of carbonyl (C=O) groups excluding carboxylic acids is 1. The second-order valence-electron chi connectivity index (χ2n) is 7.77. The standard InChI is InChI=1S/C29H23N3O/c33-29(30-21-22-10-4-1-5-11-22)25-16-18-26(19-17-25)32-28(24-14-8-3-9-15-24)20-27(31-32)23-12-6-2-7-13-23/h1-20H,21H2,(H,30,33). The maximum absolute atomic E-state index is 12.6. The lowest BCUT2D eigenvalue weighted by atomic mass is 10.1. The van der Waals surface area contributed by atoms with Gasteiger partial charge in [0, 0.05) is 23.2 Å². The van der Waals surface area contributed by atoms with Gasteiger partial charge in [0.2, 0.25) is 0 Å². The van der Waals surface area contributed by atoms with Gasteiger partial charge in [0.1, 0.15) is 0 Å². The number of carbonyl (C=O) groups is 1. The SMILES string of the molecule is O=C(NCc1ccccc1)c1ccc(-n2nc(-c3ccccc3)cc2-c2ccccc2)cc1.